The summed E-state index contributed by atoms with van der Waals surface area (Å²) in [4.78, 5) is 13.8. The molecule has 0 aliphatic rings. The SMILES string of the molecule is COc1cc(C(=O)N=[N+]=[N-])cc(OC)c1OC. The third-order valence-electron chi connectivity index (χ3n) is 2.05. The van der Waals surface area contributed by atoms with Crippen LogP contribution >= 0.6 is 0 Å². The van der Waals surface area contributed by atoms with Crippen LogP contribution in [0.1, 0.15) is 10.4 Å². The first kappa shape index (κ1) is 12.7. The van der Waals surface area contributed by atoms with Crippen molar-refractivity contribution in [3.05, 3.63) is 28.1 Å². The van der Waals surface area contributed by atoms with E-state index in [2.05, 4.69) is 10.0 Å². The van der Waals surface area contributed by atoms with Gasteiger partial charge in [0.2, 0.25) is 11.7 Å². The van der Waals surface area contributed by atoms with Gasteiger partial charge in [-0.1, -0.05) is 0 Å². The molecular formula is C10H11N3O4. The van der Waals surface area contributed by atoms with Gasteiger partial charge in [0.25, 0.3) is 0 Å². The van der Waals surface area contributed by atoms with E-state index in [-0.39, 0.29) is 5.56 Å². The topological polar surface area (TPSA) is 93.5 Å². The molecule has 0 radical (unpaired) electrons. The maximum atomic E-state index is 11.4. The second-order valence-corrected chi connectivity index (χ2v) is 2.91. The standard InChI is InChI=1S/C10H11N3O4/c1-15-7-4-6(10(14)12-13-11)5-8(16-2)9(7)17-3/h4-5H,1-3H3. The molecule has 0 saturated carbocycles. The molecule has 1 aromatic rings. The fourth-order valence-corrected chi connectivity index (χ4v) is 1.30. The number of benzene rings is 1. The highest BCUT2D eigenvalue weighted by Crippen LogP contribution is 2.38. The molecule has 7 nitrogen and oxygen atoms in total. The molecule has 0 atom stereocenters. The number of ether oxygens (including phenoxy) is 3. The molecule has 1 amide bonds. The van der Waals surface area contributed by atoms with Crippen LogP contribution < -0.4 is 14.2 Å². The zero-order valence-electron chi connectivity index (χ0n) is 9.63. The Balaban J connectivity index is 3.36. The van der Waals surface area contributed by atoms with Gasteiger partial charge >= 0.3 is 0 Å². The molecule has 1 rings (SSSR count). The van der Waals surface area contributed by atoms with E-state index in [1.54, 1.807) is 0 Å². The molecule has 0 unspecified atom stereocenters. The van der Waals surface area contributed by atoms with E-state index >= 15 is 0 Å². The maximum absolute atomic E-state index is 11.4. The van der Waals surface area contributed by atoms with E-state index in [9.17, 15) is 4.79 Å². The normalized spacial score (nSPS) is 9.12. The summed E-state index contributed by atoms with van der Waals surface area (Å²) in [6.07, 6.45) is 0. The molecule has 90 valence electrons. The molecule has 1 aromatic carbocycles. The number of methoxy groups -OCH3 is 3. The Labute approximate surface area is 97.5 Å². The van der Waals surface area contributed by atoms with Gasteiger partial charge in [0.15, 0.2) is 11.5 Å². The number of azide groups is 1. The maximum Gasteiger partial charge on any atom is 0.249 e. The van der Waals surface area contributed by atoms with Crippen molar-refractivity contribution in [1.29, 1.82) is 0 Å². The quantitative estimate of drug-likeness (QED) is 0.455. The minimum atomic E-state index is -0.716. The first-order chi connectivity index (χ1) is 8.17. The highest BCUT2D eigenvalue weighted by molar-refractivity contribution is 5.96. The largest absolute Gasteiger partial charge is 0.493 e. The number of carbonyl (C=O) groups excluding carboxylic acids is 1. The number of rotatable bonds is 4. The van der Waals surface area contributed by atoms with Crippen LogP contribution in [0, 0.1) is 0 Å². The lowest BCUT2D eigenvalue weighted by Crippen LogP contribution is -2.00. The third kappa shape index (κ3) is 2.59. The molecule has 0 heterocycles. The summed E-state index contributed by atoms with van der Waals surface area (Å²) in [7, 11) is 4.31. The fraction of sp³-hybridized carbons (Fsp3) is 0.300. The smallest absolute Gasteiger partial charge is 0.249 e. The zero-order chi connectivity index (χ0) is 12.8. The van der Waals surface area contributed by atoms with E-state index in [0.29, 0.717) is 17.2 Å². The Morgan fingerprint density at radius 2 is 1.71 bits per heavy atom. The van der Waals surface area contributed by atoms with Crippen LogP contribution in [0.4, 0.5) is 0 Å². The Bertz CT molecular complexity index is 455. The highest BCUT2D eigenvalue weighted by Gasteiger charge is 2.15. The van der Waals surface area contributed by atoms with Gasteiger partial charge in [0.05, 0.1) is 21.3 Å². The molecule has 0 saturated heterocycles. The van der Waals surface area contributed by atoms with Gasteiger partial charge in [0.1, 0.15) is 0 Å². The van der Waals surface area contributed by atoms with Crippen LogP contribution in [0.2, 0.25) is 0 Å². The van der Waals surface area contributed by atoms with Crippen molar-refractivity contribution in [3.63, 3.8) is 0 Å². The van der Waals surface area contributed by atoms with Gasteiger partial charge < -0.3 is 14.2 Å². The van der Waals surface area contributed by atoms with E-state index < -0.39 is 5.91 Å². The van der Waals surface area contributed by atoms with Crippen LogP contribution in [0.15, 0.2) is 17.2 Å². The Morgan fingerprint density at radius 1 is 1.18 bits per heavy atom. The van der Waals surface area contributed by atoms with Crippen molar-refractivity contribution < 1.29 is 19.0 Å². The van der Waals surface area contributed by atoms with Crippen molar-refractivity contribution in [2.45, 2.75) is 0 Å². The van der Waals surface area contributed by atoms with Gasteiger partial charge in [-0.05, 0) is 22.8 Å². The first-order valence-corrected chi connectivity index (χ1v) is 4.57. The Hall–Kier alpha value is -2.40. The van der Waals surface area contributed by atoms with Gasteiger partial charge in [0, 0.05) is 10.5 Å². The predicted molar refractivity (Wildman–Crippen MR) is 59.6 cm³/mol. The lowest BCUT2D eigenvalue weighted by Gasteiger charge is -2.12. The lowest BCUT2D eigenvalue weighted by atomic mass is 10.1. The summed E-state index contributed by atoms with van der Waals surface area (Å²) in [6.45, 7) is 0. The summed E-state index contributed by atoms with van der Waals surface area (Å²) in [5, 5.41) is 2.99. The Morgan fingerprint density at radius 3 is 2.06 bits per heavy atom. The number of carbonyl (C=O) groups is 1. The molecule has 0 aliphatic heterocycles. The van der Waals surface area contributed by atoms with E-state index in [0.717, 1.165) is 0 Å². The second-order valence-electron chi connectivity index (χ2n) is 2.91. The number of hydrogen-bond acceptors (Lipinski definition) is 4. The van der Waals surface area contributed by atoms with Crippen LogP contribution in [-0.2, 0) is 0 Å². The van der Waals surface area contributed by atoms with Crippen molar-refractivity contribution in [1.82, 2.24) is 0 Å². The van der Waals surface area contributed by atoms with Crippen molar-refractivity contribution in [2.75, 3.05) is 21.3 Å². The molecule has 0 aliphatic carbocycles. The summed E-state index contributed by atoms with van der Waals surface area (Å²) in [6, 6.07) is 2.83. The second kappa shape index (κ2) is 5.62. The highest BCUT2D eigenvalue weighted by atomic mass is 16.5. The minimum Gasteiger partial charge on any atom is -0.493 e. The van der Waals surface area contributed by atoms with Gasteiger partial charge in [-0.2, -0.15) is 0 Å². The van der Waals surface area contributed by atoms with Gasteiger partial charge in [-0.25, -0.2) is 0 Å². The van der Waals surface area contributed by atoms with Crippen LogP contribution in [0.5, 0.6) is 17.2 Å². The van der Waals surface area contributed by atoms with Gasteiger partial charge in [-0.3, -0.25) is 4.79 Å². The molecule has 0 spiro atoms. The van der Waals surface area contributed by atoms with Gasteiger partial charge in [-0.15, -0.1) is 0 Å². The number of nitrogens with zero attached hydrogens (tertiary/aromatic N) is 3. The van der Waals surface area contributed by atoms with Crippen molar-refractivity contribution in [2.24, 2.45) is 5.11 Å². The molecule has 0 bridgehead atoms. The first-order valence-electron chi connectivity index (χ1n) is 4.57. The molecule has 0 aromatic heterocycles. The molecular weight excluding hydrogens is 226 g/mol. The van der Waals surface area contributed by atoms with E-state index in [1.807, 2.05) is 0 Å². The zero-order valence-corrected chi connectivity index (χ0v) is 9.63. The monoisotopic (exact) mass is 237 g/mol. The predicted octanol–water partition coefficient (Wildman–Crippen LogP) is 2.16. The lowest BCUT2D eigenvalue weighted by molar-refractivity contribution is 0.0999. The number of amides is 1. The molecule has 0 fully saturated rings. The molecule has 0 N–H and O–H groups in total. The van der Waals surface area contributed by atoms with E-state index in [4.69, 9.17) is 19.7 Å². The van der Waals surface area contributed by atoms with Crippen molar-refractivity contribution in [3.8, 4) is 17.2 Å². The summed E-state index contributed by atoms with van der Waals surface area (Å²) < 4.78 is 15.2. The summed E-state index contributed by atoms with van der Waals surface area (Å²) in [5.41, 5.74) is 8.37. The summed E-state index contributed by atoms with van der Waals surface area (Å²) >= 11 is 0. The van der Waals surface area contributed by atoms with Crippen LogP contribution in [0.25, 0.3) is 10.4 Å². The fourth-order valence-electron chi connectivity index (χ4n) is 1.30. The molecule has 17 heavy (non-hydrogen) atoms. The van der Waals surface area contributed by atoms with Crippen molar-refractivity contribution >= 4 is 5.91 Å². The van der Waals surface area contributed by atoms with Crippen LogP contribution in [-0.4, -0.2) is 27.2 Å². The van der Waals surface area contributed by atoms with E-state index in [1.165, 1.54) is 33.5 Å². The molecule has 7 heteroatoms. The van der Waals surface area contributed by atoms with Crippen LogP contribution in [0.3, 0.4) is 0 Å². The average molecular weight is 237 g/mol. The number of hydrogen-bond donors (Lipinski definition) is 0. The third-order valence-corrected chi connectivity index (χ3v) is 2.05. The summed E-state index contributed by atoms with van der Waals surface area (Å²) in [5.74, 6) is 0.297. The average Bonchev–Trinajstić information content (AvgIpc) is 2.37. The minimum absolute atomic E-state index is 0.164. The Kier molecular flexibility index (Phi) is 4.19.